The average Bonchev–Trinajstić information content (AvgIpc) is 2.97. The first-order valence-electron chi connectivity index (χ1n) is 14.5. The molecule has 1 aliphatic rings. The Kier molecular flexibility index (Phi) is 7.59. The van der Waals surface area contributed by atoms with Gasteiger partial charge in [-0.25, -0.2) is 4.79 Å². The highest BCUT2D eigenvalue weighted by molar-refractivity contribution is 6.00. The fourth-order valence-electron chi connectivity index (χ4n) is 5.97. The fraction of sp³-hybridized carbons (Fsp3) is 0.297. The lowest BCUT2D eigenvalue weighted by Gasteiger charge is -2.44. The SMILES string of the molecule is COc1cccc2c1OC(=O)[C@](NC(=O)c1ccccc1)(c1ccccc1)[C@@H]2c1cc(C(C)(C)C)c(O)c(C(C)(C)C)c1. The number of phenolic OH excluding ortho intramolecular Hbond substituents is 1. The molecular formula is C37H39NO5. The Morgan fingerprint density at radius 1 is 0.837 bits per heavy atom. The van der Waals surface area contributed by atoms with Crippen molar-refractivity contribution in [2.45, 2.75) is 63.8 Å². The molecule has 1 heterocycles. The number of amides is 1. The Hall–Kier alpha value is -4.58. The molecule has 6 nitrogen and oxygen atoms in total. The largest absolute Gasteiger partial charge is 0.507 e. The Labute approximate surface area is 253 Å². The average molecular weight is 578 g/mol. The van der Waals surface area contributed by atoms with Crippen molar-refractivity contribution >= 4 is 11.9 Å². The number of carbonyl (C=O) groups excluding carboxylic acids is 2. The first-order chi connectivity index (χ1) is 20.3. The van der Waals surface area contributed by atoms with Crippen molar-refractivity contribution in [1.82, 2.24) is 5.32 Å². The van der Waals surface area contributed by atoms with Gasteiger partial charge in [0.05, 0.1) is 13.0 Å². The van der Waals surface area contributed by atoms with E-state index in [9.17, 15) is 14.7 Å². The second-order valence-corrected chi connectivity index (χ2v) is 13.2. The molecule has 0 radical (unpaired) electrons. The summed E-state index contributed by atoms with van der Waals surface area (Å²) >= 11 is 0. The van der Waals surface area contributed by atoms with E-state index >= 15 is 0 Å². The normalized spacial score (nSPS) is 18.4. The summed E-state index contributed by atoms with van der Waals surface area (Å²) < 4.78 is 11.7. The van der Waals surface area contributed by atoms with Crippen LogP contribution in [0.1, 0.15) is 85.6 Å². The third-order valence-corrected chi connectivity index (χ3v) is 8.15. The van der Waals surface area contributed by atoms with Gasteiger partial charge in [0.1, 0.15) is 5.75 Å². The number of methoxy groups -OCH3 is 1. The molecule has 0 fully saturated rings. The third-order valence-electron chi connectivity index (χ3n) is 8.15. The molecule has 1 aliphatic heterocycles. The van der Waals surface area contributed by atoms with Crippen LogP contribution < -0.4 is 14.8 Å². The molecule has 0 bridgehead atoms. The summed E-state index contributed by atoms with van der Waals surface area (Å²) in [5, 5.41) is 14.7. The third kappa shape index (κ3) is 5.27. The van der Waals surface area contributed by atoms with Crippen LogP contribution in [0.4, 0.5) is 0 Å². The van der Waals surface area contributed by atoms with Gasteiger partial charge in [0, 0.05) is 11.1 Å². The first-order valence-corrected chi connectivity index (χ1v) is 14.5. The second kappa shape index (κ2) is 10.9. The van der Waals surface area contributed by atoms with Crippen LogP contribution in [-0.2, 0) is 21.2 Å². The molecule has 2 N–H and O–H groups in total. The maximum atomic E-state index is 14.6. The molecule has 0 saturated heterocycles. The minimum Gasteiger partial charge on any atom is -0.507 e. The van der Waals surface area contributed by atoms with E-state index in [0.29, 0.717) is 28.2 Å². The van der Waals surface area contributed by atoms with Crippen molar-refractivity contribution in [3.8, 4) is 17.2 Å². The Balaban J connectivity index is 1.91. The summed E-state index contributed by atoms with van der Waals surface area (Å²) in [4.78, 5) is 28.6. The van der Waals surface area contributed by atoms with Crippen molar-refractivity contribution in [2.24, 2.45) is 0 Å². The Morgan fingerprint density at radius 2 is 1.40 bits per heavy atom. The number of aromatic hydroxyl groups is 1. The molecule has 0 saturated carbocycles. The molecule has 0 aliphatic carbocycles. The highest BCUT2D eigenvalue weighted by Gasteiger charge is 2.56. The molecule has 6 heteroatoms. The van der Waals surface area contributed by atoms with E-state index in [2.05, 4.69) is 5.32 Å². The maximum absolute atomic E-state index is 14.6. The van der Waals surface area contributed by atoms with Crippen molar-refractivity contribution in [3.05, 3.63) is 124 Å². The number of esters is 1. The zero-order valence-electron chi connectivity index (χ0n) is 25.8. The summed E-state index contributed by atoms with van der Waals surface area (Å²) in [7, 11) is 1.53. The minimum atomic E-state index is -1.66. The zero-order valence-corrected chi connectivity index (χ0v) is 25.8. The smallest absolute Gasteiger partial charge is 0.343 e. The van der Waals surface area contributed by atoms with Crippen LogP contribution in [0.25, 0.3) is 0 Å². The van der Waals surface area contributed by atoms with Gasteiger partial charge in [0.15, 0.2) is 17.0 Å². The molecule has 5 rings (SSSR count). The molecule has 222 valence electrons. The Bertz CT molecular complexity index is 1630. The summed E-state index contributed by atoms with van der Waals surface area (Å²) in [6.07, 6.45) is 0. The standard InChI is InChI=1S/C37H39NO5/c1-35(2,3)27-21-24(22-28(31(27)39)36(4,5)6)30-26-19-14-20-29(42-7)32(26)43-34(41)37(30,25-17-12-9-13-18-25)38-33(40)23-15-10-8-11-16-23/h8-22,30,39H,1-7H3,(H,38,40)/t30-,37+/m1/s1. The van der Waals surface area contributed by atoms with Crippen LogP contribution >= 0.6 is 0 Å². The lowest BCUT2D eigenvalue weighted by molar-refractivity contribution is -0.144. The molecule has 0 aromatic heterocycles. The summed E-state index contributed by atoms with van der Waals surface area (Å²) in [6.45, 7) is 12.3. The van der Waals surface area contributed by atoms with E-state index in [-0.39, 0.29) is 5.75 Å². The number of phenols is 1. The summed E-state index contributed by atoms with van der Waals surface area (Å²) in [5.41, 5.74) is 1.42. The molecule has 43 heavy (non-hydrogen) atoms. The van der Waals surface area contributed by atoms with Crippen molar-refractivity contribution in [1.29, 1.82) is 0 Å². The highest BCUT2D eigenvalue weighted by atomic mass is 16.6. The van der Waals surface area contributed by atoms with Gasteiger partial charge in [-0.2, -0.15) is 0 Å². The van der Waals surface area contributed by atoms with Crippen molar-refractivity contribution in [3.63, 3.8) is 0 Å². The van der Waals surface area contributed by atoms with Gasteiger partial charge in [0.25, 0.3) is 5.91 Å². The number of ether oxygens (including phenoxy) is 2. The molecule has 4 aromatic rings. The van der Waals surface area contributed by atoms with Gasteiger partial charge >= 0.3 is 5.97 Å². The number of nitrogens with one attached hydrogen (secondary N) is 1. The molecule has 4 aromatic carbocycles. The van der Waals surface area contributed by atoms with Crippen molar-refractivity contribution < 1.29 is 24.2 Å². The predicted molar refractivity (Wildman–Crippen MR) is 168 cm³/mol. The molecule has 0 unspecified atom stereocenters. The maximum Gasteiger partial charge on any atom is 0.343 e. The van der Waals surface area contributed by atoms with Crippen LogP contribution in [0.5, 0.6) is 17.2 Å². The quantitative estimate of drug-likeness (QED) is 0.191. The number of carbonyl (C=O) groups is 2. The van der Waals surface area contributed by atoms with E-state index in [1.54, 1.807) is 30.3 Å². The number of benzene rings is 4. The first kappa shape index (κ1) is 29.9. The summed E-state index contributed by atoms with van der Waals surface area (Å²) in [5.74, 6) is -0.833. The number of para-hydroxylation sites is 1. The minimum absolute atomic E-state index is 0.228. The molecule has 1 amide bonds. The topological polar surface area (TPSA) is 84.9 Å². The van der Waals surface area contributed by atoms with Gasteiger partial charge in [-0.15, -0.1) is 0 Å². The predicted octanol–water partition coefficient (Wildman–Crippen LogP) is 7.37. The van der Waals surface area contributed by atoms with Crippen LogP contribution in [0.15, 0.2) is 91.0 Å². The number of fused-ring (bicyclic) bond motifs is 1. The highest BCUT2D eigenvalue weighted by Crippen LogP contribution is 2.54. The van der Waals surface area contributed by atoms with Gasteiger partial charge < -0.3 is 19.9 Å². The van der Waals surface area contributed by atoms with Crippen LogP contribution in [0.2, 0.25) is 0 Å². The van der Waals surface area contributed by atoms with Crippen LogP contribution in [-0.4, -0.2) is 24.1 Å². The molecular weight excluding hydrogens is 538 g/mol. The van der Waals surface area contributed by atoms with Crippen LogP contribution in [0, 0.1) is 0 Å². The lowest BCUT2D eigenvalue weighted by atomic mass is 9.67. The van der Waals surface area contributed by atoms with Gasteiger partial charge in [-0.3, -0.25) is 4.79 Å². The van der Waals surface area contributed by atoms with E-state index in [1.165, 1.54) is 7.11 Å². The molecule has 0 spiro atoms. The van der Waals surface area contributed by atoms with Crippen LogP contribution in [0.3, 0.4) is 0 Å². The van der Waals surface area contributed by atoms with E-state index in [1.807, 2.05) is 102 Å². The van der Waals surface area contributed by atoms with E-state index in [4.69, 9.17) is 9.47 Å². The monoisotopic (exact) mass is 577 g/mol. The molecule has 2 atom stereocenters. The van der Waals surface area contributed by atoms with Crippen molar-refractivity contribution in [2.75, 3.05) is 7.11 Å². The van der Waals surface area contributed by atoms with Gasteiger partial charge in [0.2, 0.25) is 0 Å². The van der Waals surface area contributed by atoms with E-state index in [0.717, 1.165) is 16.7 Å². The number of hydrogen-bond acceptors (Lipinski definition) is 5. The number of rotatable bonds is 5. The fourth-order valence-corrected chi connectivity index (χ4v) is 5.97. The van der Waals surface area contributed by atoms with Gasteiger partial charge in [-0.05, 0) is 51.3 Å². The summed E-state index contributed by atoms with van der Waals surface area (Å²) in [6, 6.07) is 27.5. The second-order valence-electron chi connectivity index (χ2n) is 13.2. The lowest BCUT2D eigenvalue weighted by Crippen LogP contribution is -2.59. The van der Waals surface area contributed by atoms with E-state index < -0.39 is 34.2 Å². The Morgan fingerprint density at radius 3 is 1.93 bits per heavy atom. The zero-order chi connectivity index (χ0) is 31.2. The van der Waals surface area contributed by atoms with Gasteiger partial charge in [-0.1, -0.05) is 114 Å². The number of hydrogen-bond donors (Lipinski definition) is 2.